The van der Waals surface area contributed by atoms with Crippen LogP contribution in [-0.2, 0) is 13.1 Å². The molecule has 0 aliphatic heterocycles. The van der Waals surface area contributed by atoms with Crippen LogP contribution in [0.3, 0.4) is 0 Å². The molecule has 31 heavy (non-hydrogen) atoms. The molecule has 160 valence electrons. The second-order valence-electron chi connectivity index (χ2n) is 7.64. The predicted octanol–water partition coefficient (Wildman–Crippen LogP) is 5.39. The number of thiazole rings is 1. The van der Waals surface area contributed by atoms with Crippen LogP contribution in [0.4, 0.5) is 4.39 Å². The quantitative estimate of drug-likeness (QED) is 0.389. The molecular formula is C24H25FN4OS. The van der Waals surface area contributed by atoms with Gasteiger partial charge in [-0.1, -0.05) is 18.2 Å². The lowest BCUT2D eigenvalue weighted by atomic mass is 10.1. The van der Waals surface area contributed by atoms with E-state index in [0.717, 1.165) is 45.3 Å². The van der Waals surface area contributed by atoms with Crippen LogP contribution >= 0.6 is 11.3 Å². The van der Waals surface area contributed by atoms with Crippen molar-refractivity contribution in [2.24, 2.45) is 0 Å². The number of hydrogen-bond donors (Lipinski definition) is 0. The Morgan fingerprint density at radius 3 is 2.61 bits per heavy atom. The number of nitrogens with zero attached hydrogens (tertiary/aromatic N) is 4. The standard InChI is InChI=1S/C24H25FN4OS/c1-16-7-5-6-8-21(16)29-13-19(12-28(3)14-23-26-17(2)15-31-23)24(27-29)18-9-10-22(30-4)20(25)11-18/h5-11,13,15H,12,14H2,1-4H3. The minimum absolute atomic E-state index is 0.222. The summed E-state index contributed by atoms with van der Waals surface area (Å²) in [5.74, 6) is -0.178. The van der Waals surface area contributed by atoms with Crippen molar-refractivity contribution in [3.8, 4) is 22.7 Å². The van der Waals surface area contributed by atoms with E-state index in [9.17, 15) is 4.39 Å². The second kappa shape index (κ2) is 8.99. The van der Waals surface area contributed by atoms with Crippen LogP contribution in [0.1, 0.15) is 21.8 Å². The van der Waals surface area contributed by atoms with Gasteiger partial charge < -0.3 is 4.74 Å². The zero-order valence-corrected chi connectivity index (χ0v) is 18.9. The fourth-order valence-electron chi connectivity index (χ4n) is 3.58. The SMILES string of the molecule is COc1ccc(-c2nn(-c3ccccc3C)cc2CN(C)Cc2nc(C)cs2)cc1F. The van der Waals surface area contributed by atoms with Crippen molar-refractivity contribution in [3.05, 3.63) is 81.7 Å². The molecule has 2 heterocycles. The Kier molecular flexibility index (Phi) is 6.15. The van der Waals surface area contributed by atoms with Crippen molar-refractivity contribution in [1.82, 2.24) is 19.7 Å². The average molecular weight is 437 g/mol. The molecule has 0 bridgehead atoms. The van der Waals surface area contributed by atoms with E-state index in [1.165, 1.54) is 13.2 Å². The van der Waals surface area contributed by atoms with Gasteiger partial charge in [-0.25, -0.2) is 14.1 Å². The highest BCUT2D eigenvalue weighted by atomic mass is 32.1. The predicted molar refractivity (Wildman–Crippen MR) is 122 cm³/mol. The van der Waals surface area contributed by atoms with E-state index in [1.807, 2.05) is 42.1 Å². The molecule has 0 unspecified atom stereocenters. The van der Waals surface area contributed by atoms with Crippen LogP contribution in [0, 0.1) is 19.7 Å². The zero-order valence-electron chi connectivity index (χ0n) is 18.1. The monoisotopic (exact) mass is 436 g/mol. The number of hydrogen-bond acceptors (Lipinski definition) is 5. The van der Waals surface area contributed by atoms with Gasteiger partial charge in [0, 0.05) is 34.9 Å². The normalized spacial score (nSPS) is 11.3. The number of rotatable bonds is 7. The molecule has 4 aromatic rings. The summed E-state index contributed by atoms with van der Waals surface area (Å²) in [6.45, 7) is 5.46. The molecule has 0 amide bonds. The smallest absolute Gasteiger partial charge is 0.165 e. The molecule has 0 spiro atoms. The number of methoxy groups -OCH3 is 1. The number of para-hydroxylation sites is 1. The van der Waals surface area contributed by atoms with E-state index in [2.05, 4.69) is 35.3 Å². The van der Waals surface area contributed by atoms with Gasteiger partial charge in [-0.3, -0.25) is 4.90 Å². The highest BCUT2D eigenvalue weighted by Gasteiger charge is 2.17. The molecule has 7 heteroatoms. The van der Waals surface area contributed by atoms with Gasteiger partial charge in [0.05, 0.1) is 25.0 Å². The molecule has 2 aromatic carbocycles. The molecule has 2 aromatic heterocycles. The Hall–Kier alpha value is -3.03. The van der Waals surface area contributed by atoms with E-state index in [4.69, 9.17) is 9.84 Å². The first-order valence-corrected chi connectivity index (χ1v) is 10.9. The zero-order chi connectivity index (χ0) is 22.0. The third-order valence-electron chi connectivity index (χ3n) is 5.09. The van der Waals surface area contributed by atoms with E-state index < -0.39 is 5.82 Å². The van der Waals surface area contributed by atoms with Gasteiger partial charge in [0.1, 0.15) is 5.01 Å². The van der Waals surface area contributed by atoms with Crippen molar-refractivity contribution >= 4 is 11.3 Å². The Morgan fingerprint density at radius 1 is 1.13 bits per heavy atom. The molecule has 4 rings (SSSR count). The highest BCUT2D eigenvalue weighted by Crippen LogP contribution is 2.29. The fraction of sp³-hybridized carbons (Fsp3) is 0.250. The van der Waals surface area contributed by atoms with Crippen LogP contribution in [0.15, 0.2) is 54.0 Å². The van der Waals surface area contributed by atoms with Crippen molar-refractivity contribution in [1.29, 1.82) is 0 Å². The van der Waals surface area contributed by atoms with Gasteiger partial charge in [0.2, 0.25) is 0 Å². The molecule has 0 radical (unpaired) electrons. The Bertz CT molecular complexity index is 1200. The molecule has 0 fully saturated rings. The summed E-state index contributed by atoms with van der Waals surface area (Å²) in [6.07, 6.45) is 2.03. The van der Waals surface area contributed by atoms with E-state index in [1.54, 1.807) is 17.4 Å². The van der Waals surface area contributed by atoms with Crippen LogP contribution in [0.5, 0.6) is 5.75 Å². The maximum absolute atomic E-state index is 14.4. The van der Waals surface area contributed by atoms with Crippen molar-refractivity contribution in [2.45, 2.75) is 26.9 Å². The second-order valence-corrected chi connectivity index (χ2v) is 8.58. The van der Waals surface area contributed by atoms with E-state index in [-0.39, 0.29) is 5.75 Å². The molecule has 0 aliphatic rings. The molecule has 5 nitrogen and oxygen atoms in total. The number of ether oxygens (including phenoxy) is 1. The summed E-state index contributed by atoms with van der Waals surface area (Å²) >= 11 is 1.66. The first-order valence-electron chi connectivity index (χ1n) is 10.0. The molecular weight excluding hydrogens is 411 g/mol. The first kappa shape index (κ1) is 21.2. The lowest BCUT2D eigenvalue weighted by molar-refractivity contribution is 0.319. The van der Waals surface area contributed by atoms with E-state index >= 15 is 0 Å². The maximum atomic E-state index is 14.4. The largest absolute Gasteiger partial charge is 0.494 e. The maximum Gasteiger partial charge on any atom is 0.165 e. The third-order valence-corrected chi connectivity index (χ3v) is 6.04. The van der Waals surface area contributed by atoms with Gasteiger partial charge >= 0.3 is 0 Å². The summed E-state index contributed by atoms with van der Waals surface area (Å²) in [4.78, 5) is 6.76. The third kappa shape index (κ3) is 4.68. The van der Waals surface area contributed by atoms with Crippen LogP contribution < -0.4 is 4.74 Å². The van der Waals surface area contributed by atoms with Crippen molar-refractivity contribution in [2.75, 3.05) is 14.2 Å². The van der Waals surface area contributed by atoms with Crippen LogP contribution in [0.2, 0.25) is 0 Å². The van der Waals surface area contributed by atoms with Gasteiger partial charge in [-0.05, 0) is 50.7 Å². The summed E-state index contributed by atoms with van der Waals surface area (Å²) in [6, 6.07) is 13.1. The minimum Gasteiger partial charge on any atom is -0.494 e. The Balaban J connectivity index is 1.71. The number of aryl methyl sites for hydroxylation is 2. The van der Waals surface area contributed by atoms with Crippen LogP contribution in [0.25, 0.3) is 16.9 Å². The first-order chi connectivity index (χ1) is 14.9. The minimum atomic E-state index is -0.400. The van der Waals surface area contributed by atoms with Gasteiger partial charge in [0.25, 0.3) is 0 Å². The molecule has 0 atom stereocenters. The summed E-state index contributed by atoms with van der Waals surface area (Å²) < 4.78 is 21.4. The fourth-order valence-corrected chi connectivity index (χ4v) is 4.43. The van der Waals surface area contributed by atoms with Gasteiger partial charge in [-0.2, -0.15) is 5.10 Å². The highest BCUT2D eigenvalue weighted by molar-refractivity contribution is 7.09. The number of halogens is 1. The molecule has 0 saturated heterocycles. The topological polar surface area (TPSA) is 43.2 Å². The Morgan fingerprint density at radius 2 is 1.94 bits per heavy atom. The lowest BCUT2D eigenvalue weighted by Crippen LogP contribution is -2.17. The molecule has 0 saturated carbocycles. The summed E-state index contributed by atoms with van der Waals surface area (Å²) in [5, 5.41) is 7.97. The lowest BCUT2D eigenvalue weighted by Gasteiger charge is -2.15. The average Bonchev–Trinajstić information content (AvgIpc) is 3.34. The number of benzene rings is 2. The molecule has 0 aliphatic carbocycles. The molecule has 0 N–H and O–H groups in total. The summed E-state index contributed by atoms with van der Waals surface area (Å²) in [5.41, 5.74) is 5.66. The van der Waals surface area contributed by atoms with Crippen molar-refractivity contribution in [3.63, 3.8) is 0 Å². The Labute approximate surface area is 185 Å². The van der Waals surface area contributed by atoms with Gasteiger partial charge in [-0.15, -0.1) is 11.3 Å². The van der Waals surface area contributed by atoms with E-state index in [0.29, 0.717) is 6.54 Å². The number of aromatic nitrogens is 3. The van der Waals surface area contributed by atoms with Crippen LogP contribution in [-0.4, -0.2) is 33.8 Å². The summed E-state index contributed by atoms with van der Waals surface area (Å²) in [7, 11) is 3.52. The van der Waals surface area contributed by atoms with Crippen molar-refractivity contribution < 1.29 is 9.13 Å². The van der Waals surface area contributed by atoms with Gasteiger partial charge in [0.15, 0.2) is 11.6 Å².